The van der Waals surface area contributed by atoms with Gasteiger partial charge in [-0.25, -0.2) is 0 Å². The zero-order valence-corrected chi connectivity index (χ0v) is 16.2. The number of nitrogens with zero attached hydrogens (tertiary/aromatic N) is 2. The molecule has 0 atom stereocenters. The minimum absolute atomic E-state index is 0.0158. The van der Waals surface area contributed by atoms with Crippen LogP contribution in [0, 0.1) is 0 Å². The van der Waals surface area contributed by atoms with E-state index in [9.17, 15) is 4.79 Å². The van der Waals surface area contributed by atoms with E-state index in [2.05, 4.69) is 49.7 Å². The topological polar surface area (TPSA) is 35.6 Å². The second-order valence-corrected chi connectivity index (χ2v) is 8.10. The fourth-order valence-corrected chi connectivity index (χ4v) is 4.47. The molecule has 1 saturated heterocycles. The Morgan fingerprint density at radius 3 is 2.62 bits per heavy atom. The molecule has 0 saturated carbocycles. The van der Waals surface area contributed by atoms with Crippen LogP contribution in [0.3, 0.4) is 0 Å². The molecule has 1 fully saturated rings. The average molecular weight is 408 g/mol. The zero-order chi connectivity index (χ0) is 16.9. The summed E-state index contributed by atoms with van der Waals surface area (Å²) in [6, 6.07) is 10.3. The minimum Gasteiger partial charge on any atom is -0.372 e. The van der Waals surface area contributed by atoms with Gasteiger partial charge in [0.15, 0.2) is 0 Å². The van der Waals surface area contributed by atoms with E-state index in [0.29, 0.717) is 6.54 Å². The molecule has 0 radical (unpaired) electrons. The largest absolute Gasteiger partial charge is 0.372 e. The molecule has 1 N–H and O–H groups in total. The van der Waals surface area contributed by atoms with Gasteiger partial charge in [-0.1, -0.05) is 0 Å². The summed E-state index contributed by atoms with van der Waals surface area (Å²) in [7, 11) is 1.96. The van der Waals surface area contributed by atoms with Gasteiger partial charge in [-0.2, -0.15) is 0 Å². The summed E-state index contributed by atoms with van der Waals surface area (Å²) in [6.07, 6.45) is 2.54. The lowest BCUT2D eigenvalue weighted by Crippen LogP contribution is -2.29. The molecule has 1 aromatic heterocycles. The fraction of sp³-hybridized carbons (Fsp3) is 0.389. The molecule has 2 heterocycles. The van der Waals surface area contributed by atoms with E-state index in [-0.39, 0.29) is 5.91 Å². The van der Waals surface area contributed by atoms with Crippen molar-refractivity contribution in [2.45, 2.75) is 19.4 Å². The molecule has 1 aliphatic heterocycles. The van der Waals surface area contributed by atoms with Gasteiger partial charge in [-0.3, -0.25) is 9.69 Å². The molecule has 3 rings (SSSR count). The molecule has 1 amide bonds. The summed E-state index contributed by atoms with van der Waals surface area (Å²) >= 11 is 5.15. The number of hydrogen-bond acceptors (Lipinski definition) is 4. The van der Waals surface area contributed by atoms with Crippen LogP contribution in [0.4, 0.5) is 11.4 Å². The molecule has 2 aromatic rings. The van der Waals surface area contributed by atoms with Crippen LogP contribution in [0.5, 0.6) is 0 Å². The van der Waals surface area contributed by atoms with Gasteiger partial charge in [0.25, 0.3) is 0 Å². The highest BCUT2D eigenvalue weighted by Gasteiger charge is 2.12. The molecular formula is C18H22BrN3OS. The summed E-state index contributed by atoms with van der Waals surface area (Å²) in [4.78, 5) is 17.8. The predicted molar refractivity (Wildman–Crippen MR) is 105 cm³/mol. The number of likely N-dealkylation sites (N-methyl/N-ethyl adjacent to an activating group) is 1. The number of thiophene rings is 1. The van der Waals surface area contributed by atoms with E-state index >= 15 is 0 Å². The van der Waals surface area contributed by atoms with Crippen molar-refractivity contribution in [1.29, 1.82) is 0 Å². The van der Waals surface area contributed by atoms with E-state index in [0.717, 1.165) is 29.8 Å². The molecule has 24 heavy (non-hydrogen) atoms. The third-order valence-electron chi connectivity index (χ3n) is 4.08. The van der Waals surface area contributed by atoms with E-state index < -0.39 is 0 Å². The highest BCUT2D eigenvalue weighted by atomic mass is 79.9. The van der Waals surface area contributed by atoms with Crippen molar-refractivity contribution in [3.63, 3.8) is 0 Å². The van der Waals surface area contributed by atoms with Crippen molar-refractivity contribution < 1.29 is 4.79 Å². The summed E-state index contributed by atoms with van der Waals surface area (Å²) in [5.41, 5.74) is 2.10. The molecule has 128 valence electrons. The predicted octanol–water partition coefficient (Wildman–Crippen LogP) is 4.18. The Hall–Kier alpha value is -1.37. The normalized spacial score (nSPS) is 14.4. The Morgan fingerprint density at radius 1 is 1.29 bits per heavy atom. The molecule has 0 aliphatic carbocycles. The van der Waals surface area contributed by atoms with Crippen molar-refractivity contribution in [3.05, 3.63) is 45.1 Å². The van der Waals surface area contributed by atoms with Crippen molar-refractivity contribution in [1.82, 2.24) is 4.90 Å². The highest BCUT2D eigenvalue weighted by Crippen LogP contribution is 2.22. The summed E-state index contributed by atoms with van der Waals surface area (Å²) in [6.45, 7) is 3.42. The van der Waals surface area contributed by atoms with Crippen LogP contribution in [0.2, 0.25) is 0 Å². The van der Waals surface area contributed by atoms with Crippen LogP contribution in [-0.2, 0) is 11.3 Å². The standard InChI is InChI=1S/C18H22BrN3OS/c1-21(11-17-10-14(19)13-24-17)12-18(23)20-15-4-6-16(7-5-15)22-8-2-3-9-22/h4-7,10,13H,2-3,8-9,11-12H2,1H3,(H,20,23). The first-order chi connectivity index (χ1) is 11.6. The Morgan fingerprint density at radius 2 is 2.00 bits per heavy atom. The second kappa shape index (κ2) is 8.14. The number of halogens is 1. The maximum absolute atomic E-state index is 12.2. The second-order valence-electron chi connectivity index (χ2n) is 6.19. The van der Waals surface area contributed by atoms with E-state index in [1.807, 2.05) is 24.1 Å². The summed E-state index contributed by atoms with van der Waals surface area (Å²) in [5, 5.41) is 5.04. The van der Waals surface area contributed by atoms with Crippen LogP contribution >= 0.6 is 27.3 Å². The lowest BCUT2D eigenvalue weighted by molar-refractivity contribution is -0.117. The number of benzene rings is 1. The molecule has 0 unspecified atom stereocenters. The van der Waals surface area contributed by atoms with Crippen LogP contribution in [-0.4, -0.2) is 37.5 Å². The van der Waals surface area contributed by atoms with Crippen molar-refractivity contribution in [2.75, 3.05) is 36.9 Å². The Labute approximate surface area is 155 Å². The van der Waals surface area contributed by atoms with Crippen LogP contribution < -0.4 is 10.2 Å². The third kappa shape index (κ3) is 4.82. The van der Waals surface area contributed by atoms with Crippen LogP contribution in [0.1, 0.15) is 17.7 Å². The lowest BCUT2D eigenvalue weighted by atomic mass is 10.2. The fourth-order valence-electron chi connectivity index (χ4n) is 2.94. The molecule has 0 bridgehead atoms. The minimum atomic E-state index is 0.0158. The zero-order valence-electron chi connectivity index (χ0n) is 13.8. The number of hydrogen-bond donors (Lipinski definition) is 1. The maximum Gasteiger partial charge on any atom is 0.238 e. The first kappa shape index (κ1) is 17.5. The molecule has 0 spiro atoms. The maximum atomic E-state index is 12.2. The van der Waals surface area contributed by atoms with E-state index in [4.69, 9.17) is 0 Å². The first-order valence-corrected chi connectivity index (χ1v) is 9.84. The molecule has 6 heteroatoms. The first-order valence-electron chi connectivity index (χ1n) is 8.16. The van der Waals surface area contributed by atoms with E-state index in [1.165, 1.54) is 23.4 Å². The van der Waals surface area contributed by atoms with Crippen LogP contribution in [0.25, 0.3) is 0 Å². The smallest absolute Gasteiger partial charge is 0.238 e. The van der Waals surface area contributed by atoms with Gasteiger partial charge in [0.1, 0.15) is 0 Å². The number of carbonyl (C=O) groups is 1. The average Bonchev–Trinajstić information content (AvgIpc) is 3.20. The van der Waals surface area contributed by atoms with Gasteiger partial charge in [0.05, 0.1) is 6.54 Å². The summed E-state index contributed by atoms with van der Waals surface area (Å²) in [5.74, 6) is 0.0158. The van der Waals surface area contributed by atoms with Gasteiger partial charge in [-0.05, 0) is 66.2 Å². The molecule has 1 aliphatic rings. The third-order valence-corrected chi connectivity index (χ3v) is 5.77. The highest BCUT2D eigenvalue weighted by molar-refractivity contribution is 9.10. The Kier molecular flexibility index (Phi) is 5.92. The Balaban J connectivity index is 1.48. The molecular weight excluding hydrogens is 386 g/mol. The van der Waals surface area contributed by atoms with Gasteiger partial charge in [0, 0.05) is 45.7 Å². The van der Waals surface area contributed by atoms with Crippen LogP contribution in [0.15, 0.2) is 40.2 Å². The number of anilines is 2. The lowest BCUT2D eigenvalue weighted by Gasteiger charge is -2.18. The van der Waals surface area contributed by atoms with Crippen molar-refractivity contribution >= 4 is 44.5 Å². The number of nitrogens with one attached hydrogen (secondary N) is 1. The Bertz CT molecular complexity index is 680. The number of carbonyl (C=O) groups excluding carboxylic acids is 1. The monoisotopic (exact) mass is 407 g/mol. The van der Waals surface area contributed by atoms with Gasteiger partial charge in [-0.15, -0.1) is 11.3 Å². The number of rotatable bonds is 6. The molecule has 4 nitrogen and oxygen atoms in total. The van der Waals surface area contributed by atoms with Crippen molar-refractivity contribution in [3.8, 4) is 0 Å². The summed E-state index contributed by atoms with van der Waals surface area (Å²) < 4.78 is 1.10. The van der Waals surface area contributed by atoms with Gasteiger partial charge in [0.2, 0.25) is 5.91 Å². The molecule has 1 aromatic carbocycles. The van der Waals surface area contributed by atoms with Gasteiger partial charge >= 0.3 is 0 Å². The van der Waals surface area contributed by atoms with Gasteiger partial charge < -0.3 is 10.2 Å². The quantitative estimate of drug-likeness (QED) is 0.779. The van der Waals surface area contributed by atoms with E-state index in [1.54, 1.807) is 11.3 Å². The SMILES string of the molecule is CN(CC(=O)Nc1ccc(N2CCCC2)cc1)Cc1cc(Br)cs1. The number of amides is 1. The van der Waals surface area contributed by atoms with Crippen molar-refractivity contribution in [2.24, 2.45) is 0 Å².